The summed E-state index contributed by atoms with van der Waals surface area (Å²) in [6.07, 6.45) is 0. The number of rotatable bonds is 7. The Bertz CT molecular complexity index is 530. The summed E-state index contributed by atoms with van der Waals surface area (Å²) in [5, 5.41) is 10.7. The smallest absolute Gasteiger partial charge is 0.314 e. The molecule has 0 aliphatic carbocycles. The molecule has 1 rings (SSSR count). The van der Waals surface area contributed by atoms with E-state index in [1.54, 1.807) is 13.8 Å². The molecule has 0 spiro atoms. The molecule has 1 aromatic rings. The van der Waals surface area contributed by atoms with Crippen LogP contribution in [0.25, 0.3) is 0 Å². The fourth-order valence-corrected chi connectivity index (χ4v) is 3.24. The molecular formula is C11H16FN2O5P. The highest BCUT2D eigenvalue weighted by Crippen LogP contribution is 2.58. The predicted molar refractivity (Wildman–Crippen MR) is 70.8 cm³/mol. The van der Waals surface area contributed by atoms with Crippen molar-refractivity contribution in [1.29, 1.82) is 0 Å². The number of benzene rings is 1. The van der Waals surface area contributed by atoms with E-state index in [2.05, 4.69) is 0 Å². The van der Waals surface area contributed by atoms with E-state index in [1.807, 2.05) is 0 Å². The molecule has 2 N–H and O–H groups in total. The van der Waals surface area contributed by atoms with Crippen LogP contribution in [0.2, 0.25) is 0 Å². The molecule has 0 bridgehead atoms. The lowest BCUT2D eigenvalue weighted by molar-refractivity contribution is -0.387. The van der Waals surface area contributed by atoms with E-state index in [0.717, 1.165) is 12.1 Å². The lowest BCUT2D eigenvalue weighted by Gasteiger charge is -2.23. The lowest BCUT2D eigenvalue weighted by atomic mass is 10.2. The molecular weight excluding hydrogens is 290 g/mol. The molecule has 0 amide bonds. The van der Waals surface area contributed by atoms with Crippen molar-refractivity contribution in [2.24, 2.45) is 5.73 Å². The van der Waals surface area contributed by atoms with Crippen molar-refractivity contribution in [3.8, 4) is 0 Å². The number of halogens is 1. The monoisotopic (exact) mass is 306 g/mol. The van der Waals surface area contributed by atoms with E-state index in [-0.39, 0.29) is 18.8 Å². The van der Waals surface area contributed by atoms with Crippen LogP contribution in [0.3, 0.4) is 0 Å². The first-order valence-corrected chi connectivity index (χ1v) is 7.55. The number of nitro groups is 1. The zero-order valence-corrected chi connectivity index (χ0v) is 12.0. The van der Waals surface area contributed by atoms with Crippen molar-refractivity contribution in [2.75, 3.05) is 13.2 Å². The molecule has 9 heteroatoms. The quantitative estimate of drug-likeness (QED) is 0.471. The van der Waals surface area contributed by atoms with Crippen molar-refractivity contribution in [3.05, 3.63) is 39.7 Å². The molecule has 0 radical (unpaired) electrons. The average Bonchev–Trinajstić information content (AvgIpc) is 2.38. The van der Waals surface area contributed by atoms with Crippen molar-refractivity contribution in [1.82, 2.24) is 0 Å². The van der Waals surface area contributed by atoms with Gasteiger partial charge < -0.3 is 14.8 Å². The minimum Gasteiger partial charge on any atom is -0.314 e. The normalized spacial score (nSPS) is 13.2. The van der Waals surface area contributed by atoms with Crippen molar-refractivity contribution in [2.45, 2.75) is 19.6 Å². The third kappa shape index (κ3) is 3.61. The predicted octanol–water partition coefficient (Wildman–Crippen LogP) is 2.96. The van der Waals surface area contributed by atoms with Crippen LogP contribution in [0.4, 0.5) is 10.1 Å². The number of nitro benzene ring substituents is 1. The maximum Gasteiger partial charge on any atom is 0.351 e. The van der Waals surface area contributed by atoms with Crippen molar-refractivity contribution < 1.29 is 22.9 Å². The minimum absolute atomic E-state index is 0.105. The van der Waals surface area contributed by atoms with Gasteiger partial charge in [-0.3, -0.25) is 14.7 Å². The Morgan fingerprint density at radius 3 is 2.40 bits per heavy atom. The van der Waals surface area contributed by atoms with Gasteiger partial charge in [0.2, 0.25) is 5.82 Å². The Balaban J connectivity index is 3.18. The molecule has 0 saturated carbocycles. The fraction of sp³-hybridized carbons (Fsp3) is 0.455. The lowest BCUT2D eigenvalue weighted by Crippen LogP contribution is -2.15. The van der Waals surface area contributed by atoms with Crippen LogP contribution in [0.5, 0.6) is 0 Å². The summed E-state index contributed by atoms with van der Waals surface area (Å²) in [6.45, 7) is 3.44. The molecule has 0 fully saturated rings. The molecule has 20 heavy (non-hydrogen) atoms. The van der Waals surface area contributed by atoms with Gasteiger partial charge in [0.05, 0.1) is 18.1 Å². The van der Waals surface area contributed by atoms with Gasteiger partial charge in [-0.1, -0.05) is 6.07 Å². The molecule has 0 heterocycles. The maximum absolute atomic E-state index is 13.3. The van der Waals surface area contributed by atoms with E-state index in [1.165, 1.54) is 6.07 Å². The van der Waals surface area contributed by atoms with E-state index in [9.17, 15) is 19.1 Å². The standard InChI is InChI=1S/C11H16FN2O5P/c1-3-18-20(17,19-4-2)11(13)8-5-6-9(12)10(7-8)14(15)16/h5-7,11H,3-4,13H2,1-2H3/t11-/m1/s1. The highest BCUT2D eigenvalue weighted by molar-refractivity contribution is 7.54. The minimum atomic E-state index is -3.66. The van der Waals surface area contributed by atoms with Crippen LogP contribution in [0, 0.1) is 15.9 Å². The number of nitrogens with two attached hydrogens (primary N) is 1. The fourth-order valence-electron chi connectivity index (χ4n) is 1.59. The summed E-state index contributed by atoms with van der Waals surface area (Å²) in [5.41, 5.74) is 5.18. The molecule has 0 aromatic heterocycles. The number of hydrogen-bond donors (Lipinski definition) is 1. The summed E-state index contributed by atoms with van der Waals surface area (Å²) in [5.74, 6) is -2.21. The Kier molecular flexibility index (Phi) is 5.76. The van der Waals surface area contributed by atoms with E-state index in [0.29, 0.717) is 0 Å². The van der Waals surface area contributed by atoms with Gasteiger partial charge in [-0.15, -0.1) is 0 Å². The molecule has 1 aromatic carbocycles. The Morgan fingerprint density at radius 2 is 1.95 bits per heavy atom. The summed E-state index contributed by atoms with van der Waals surface area (Å²) in [6, 6.07) is 3.05. The molecule has 112 valence electrons. The van der Waals surface area contributed by atoms with E-state index < -0.39 is 29.8 Å². The third-order valence-corrected chi connectivity index (χ3v) is 4.68. The zero-order valence-electron chi connectivity index (χ0n) is 11.1. The molecule has 0 aliphatic heterocycles. The Morgan fingerprint density at radius 1 is 1.40 bits per heavy atom. The van der Waals surface area contributed by atoms with Gasteiger partial charge in [-0.2, -0.15) is 4.39 Å². The second-order valence-electron chi connectivity index (χ2n) is 3.79. The Hall–Kier alpha value is -1.34. The SMILES string of the molecule is CCOP(=O)(OCC)[C@@H](N)c1ccc(F)c([N+](=O)[O-])c1. The molecule has 1 atom stereocenters. The first kappa shape index (κ1) is 16.7. The molecule has 0 unspecified atom stereocenters. The van der Waals surface area contributed by atoms with Gasteiger partial charge in [0.25, 0.3) is 0 Å². The maximum atomic E-state index is 13.3. The highest BCUT2D eigenvalue weighted by atomic mass is 31.2. The molecule has 0 saturated heterocycles. The number of hydrogen-bond acceptors (Lipinski definition) is 6. The van der Waals surface area contributed by atoms with Gasteiger partial charge in [-0.05, 0) is 25.5 Å². The summed E-state index contributed by atoms with van der Waals surface area (Å²) in [7, 11) is -3.66. The Labute approximate surface area is 115 Å². The van der Waals surface area contributed by atoms with Crippen LogP contribution in [0.15, 0.2) is 18.2 Å². The van der Waals surface area contributed by atoms with Gasteiger partial charge in [0, 0.05) is 6.07 Å². The summed E-state index contributed by atoms with van der Waals surface area (Å²) < 4.78 is 35.8. The molecule has 7 nitrogen and oxygen atoms in total. The number of nitrogens with zero attached hydrogens (tertiary/aromatic N) is 1. The average molecular weight is 306 g/mol. The van der Waals surface area contributed by atoms with Gasteiger partial charge in [-0.25, -0.2) is 0 Å². The zero-order chi connectivity index (χ0) is 15.3. The highest BCUT2D eigenvalue weighted by Gasteiger charge is 2.35. The second-order valence-corrected chi connectivity index (χ2v) is 5.94. The van der Waals surface area contributed by atoms with Crippen molar-refractivity contribution in [3.63, 3.8) is 0 Å². The molecule has 0 aliphatic rings. The summed E-state index contributed by atoms with van der Waals surface area (Å²) in [4.78, 5) is 9.81. The second kappa shape index (κ2) is 6.90. The largest absolute Gasteiger partial charge is 0.351 e. The van der Waals surface area contributed by atoms with Gasteiger partial charge >= 0.3 is 13.3 Å². The first-order valence-electron chi connectivity index (χ1n) is 5.94. The van der Waals surface area contributed by atoms with E-state index >= 15 is 0 Å². The van der Waals surface area contributed by atoms with Crippen LogP contribution < -0.4 is 5.73 Å². The summed E-state index contributed by atoms with van der Waals surface area (Å²) >= 11 is 0. The van der Waals surface area contributed by atoms with Crippen molar-refractivity contribution >= 4 is 13.3 Å². The van der Waals surface area contributed by atoms with E-state index in [4.69, 9.17) is 14.8 Å². The van der Waals surface area contributed by atoms with Gasteiger partial charge in [0.15, 0.2) is 0 Å². The van der Waals surface area contributed by atoms with Crippen LogP contribution in [-0.4, -0.2) is 18.1 Å². The van der Waals surface area contributed by atoms with Gasteiger partial charge in [0.1, 0.15) is 5.78 Å². The van der Waals surface area contributed by atoms with Crippen LogP contribution in [0.1, 0.15) is 25.2 Å². The topological polar surface area (TPSA) is 105 Å². The first-order chi connectivity index (χ1) is 9.35. The third-order valence-electron chi connectivity index (χ3n) is 2.47. The van der Waals surface area contributed by atoms with Crippen LogP contribution in [-0.2, 0) is 13.6 Å². The van der Waals surface area contributed by atoms with Crippen LogP contribution >= 0.6 is 7.60 Å².